The summed E-state index contributed by atoms with van der Waals surface area (Å²) in [5.74, 6) is 9.45. The zero-order chi connectivity index (χ0) is 35.4. The number of rotatable bonds is 10. The van der Waals surface area contributed by atoms with Crippen molar-refractivity contribution in [2.45, 2.75) is 103 Å². The molecule has 1 aliphatic heterocycles. The van der Waals surface area contributed by atoms with Crippen LogP contribution in [-0.4, -0.2) is 65.2 Å². The lowest BCUT2D eigenvalue weighted by Gasteiger charge is -2.61. The molecule has 3 aromatic rings. The van der Waals surface area contributed by atoms with Gasteiger partial charge in [0.25, 0.3) is 5.91 Å². The fourth-order valence-corrected chi connectivity index (χ4v) is 9.31. The summed E-state index contributed by atoms with van der Waals surface area (Å²) in [6, 6.07) is 13.6. The number of aromatic nitrogens is 2. The van der Waals surface area contributed by atoms with E-state index in [1.807, 2.05) is 61.9 Å². The fourth-order valence-electron chi connectivity index (χ4n) is 9.31. The molecule has 50 heavy (non-hydrogen) atoms. The maximum atomic E-state index is 14.7. The standard InChI is InChI=1S/C41H51N3O6/c1-24(2)30-22-25(11-8-9-16-45)14-15-32(30)44-33(36-34(47-6)12-10-13-35(36)48-7)23-31(43-44)38(46)42-41(37-39(49-37)50-40(3,4)5)28-18-26-17-27(20-28)21-29(41)19-26/h10,12-15,22-24,26-29,37,39,45H,9,16-21H2,1-7H3,(H,42,46). The minimum Gasteiger partial charge on any atom is -0.496 e. The number of epoxide rings is 1. The summed E-state index contributed by atoms with van der Waals surface area (Å²) in [6.45, 7) is 10.4. The van der Waals surface area contributed by atoms with E-state index in [1.165, 1.54) is 6.42 Å². The van der Waals surface area contributed by atoms with E-state index in [2.05, 4.69) is 37.1 Å². The summed E-state index contributed by atoms with van der Waals surface area (Å²) >= 11 is 0. The van der Waals surface area contributed by atoms with E-state index in [4.69, 9.17) is 24.0 Å². The third-order valence-corrected chi connectivity index (χ3v) is 11.2. The Morgan fingerprint density at radius 3 is 2.28 bits per heavy atom. The first-order chi connectivity index (χ1) is 23.9. The molecular formula is C41H51N3O6. The van der Waals surface area contributed by atoms with Gasteiger partial charge >= 0.3 is 0 Å². The first-order valence-electron chi connectivity index (χ1n) is 18.2. The third-order valence-electron chi connectivity index (χ3n) is 11.2. The second kappa shape index (κ2) is 13.4. The number of hydrogen-bond donors (Lipinski definition) is 2. The summed E-state index contributed by atoms with van der Waals surface area (Å²) in [5.41, 5.74) is 3.56. The van der Waals surface area contributed by atoms with E-state index >= 15 is 0 Å². The molecule has 1 amide bonds. The molecule has 5 fully saturated rings. The van der Waals surface area contributed by atoms with Crippen LogP contribution in [0.5, 0.6) is 11.5 Å². The molecule has 266 valence electrons. The molecule has 9 heteroatoms. The van der Waals surface area contributed by atoms with E-state index in [1.54, 1.807) is 14.2 Å². The summed E-state index contributed by atoms with van der Waals surface area (Å²) < 4.78 is 26.3. The number of carbonyl (C=O) groups is 1. The van der Waals surface area contributed by atoms with E-state index in [9.17, 15) is 9.90 Å². The Kier molecular flexibility index (Phi) is 9.25. The second-order valence-electron chi connectivity index (χ2n) is 15.9. The van der Waals surface area contributed by atoms with E-state index in [-0.39, 0.29) is 36.4 Å². The lowest BCUT2D eigenvalue weighted by Crippen LogP contribution is -2.69. The molecular weight excluding hydrogens is 630 g/mol. The smallest absolute Gasteiger partial charge is 0.272 e. The molecule has 2 unspecified atom stereocenters. The first kappa shape index (κ1) is 34.6. The van der Waals surface area contributed by atoms with Crippen LogP contribution in [0.1, 0.15) is 101 Å². The molecule has 2 heterocycles. The number of aliphatic hydroxyl groups is 1. The van der Waals surface area contributed by atoms with Gasteiger partial charge in [-0.25, -0.2) is 4.68 Å². The third kappa shape index (κ3) is 6.31. The Balaban J connectivity index is 1.33. The van der Waals surface area contributed by atoms with Gasteiger partial charge in [-0.3, -0.25) is 4.79 Å². The van der Waals surface area contributed by atoms with Crippen LogP contribution in [0.25, 0.3) is 16.9 Å². The Morgan fingerprint density at radius 2 is 1.70 bits per heavy atom. The van der Waals surface area contributed by atoms with Crippen LogP contribution in [0, 0.1) is 35.5 Å². The molecule has 4 aliphatic carbocycles. The quantitative estimate of drug-likeness (QED) is 0.178. The van der Waals surface area contributed by atoms with E-state index in [0.29, 0.717) is 46.7 Å². The lowest BCUT2D eigenvalue weighted by molar-refractivity contribution is -0.0845. The Hall–Kier alpha value is -3.84. The van der Waals surface area contributed by atoms with Crippen molar-refractivity contribution in [2.24, 2.45) is 23.7 Å². The van der Waals surface area contributed by atoms with Crippen LogP contribution in [0.3, 0.4) is 0 Å². The number of amides is 1. The number of methoxy groups -OCH3 is 2. The number of benzene rings is 2. The zero-order valence-corrected chi connectivity index (χ0v) is 30.4. The zero-order valence-electron chi connectivity index (χ0n) is 30.4. The van der Waals surface area contributed by atoms with Crippen LogP contribution in [-0.2, 0) is 9.47 Å². The molecule has 9 nitrogen and oxygen atoms in total. The fraction of sp³-hybridized carbons (Fsp3) is 0.561. The Bertz CT molecular complexity index is 1760. The van der Waals surface area contributed by atoms with Gasteiger partial charge < -0.3 is 29.4 Å². The summed E-state index contributed by atoms with van der Waals surface area (Å²) in [5, 5.41) is 17.9. The van der Waals surface area contributed by atoms with Gasteiger partial charge in [-0.2, -0.15) is 5.10 Å². The number of ether oxygens (including phenoxy) is 4. The van der Waals surface area contributed by atoms with Gasteiger partial charge in [0, 0.05) is 12.0 Å². The molecule has 0 radical (unpaired) electrons. The average Bonchev–Trinajstić information content (AvgIpc) is 3.69. The highest BCUT2D eigenvalue weighted by Crippen LogP contribution is 2.62. The molecule has 1 aromatic heterocycles. The molecule has 8 rings (SSSR count). The Labute approximate surface area is 296 Å². The van der Waals surface area contributed by atoms with Gasteiger partial charge in [0.2, 0.25) is 0 Å². The largest absolute Gasteiger partial charge is 0.496 e. The molecule has 2 aromatic carbocycles. The predicted molar refractivity (Wildman–Crippen MR) is 192 cm³/mol. The second-order valence-corrected chi connectivity index (χ2v) is 15.9. The first-order valence-corrected chi connectivity index (χ1v) is 18.2. The van der Waals surface area contributed by atoms with Crippen molar-refractivity contribution < 1.29 is 28.8 Å². The maximum Gasteiger partial charge on any atom is 0.272 e. The van der Waals surface area contributed by atoms with Crippen LogP contribution in [0.2, 0.25) is 0 Å². The monoisotopic (exact) mass is 681 g/mol. The predicted octanol–water partition coefficient (Wildman–Crippen LogP) is 6.88. The average molecular weight is 682 g/mol. The number of nitrogens with zero attached hydrogens (tertiary/aromatic N) is 2. The van der Waals surface area contributed by atoms with Crippen molar-refractivity contribution in [3.8, 4) is 40.3 Å². The van der Waals surface area contributed by atoms with E-state index in [0.717, 1.165) is 54.3 Å². The molecule has 1 saturated heterocycles. The minimum absolute atomic E-state index is 0.0193. The van der Waals surface area contributed by atoms with Crippen molar-refractivity contribution in [3.05, 3.63) is 59.3 Å². The van der Waals surface area contributed by atoms with Gasteiger partial charge in [-0.1, -0.05) is 31.8 Å². The SMILES string of the molecule is COc1cccc(OC)c1-c1cc(C(=O)NC2(C3OC3OC(C)(C)C)C3CC4CC(C3)CC2C4)nn1-c1ccc(C#CCCO)cc1C(C)C. The molecule has 2 atom stereocenters. The highest BCUT2D eigenvalue weighted by Gasteiger charge is 2.68. The minimum atomic E-state index is -0.509. The highest BCUT2D eigenvalue weighted by atomic mass is 16.8. The van der Waals surface area contributed by atoms with Crippen molar-refractivity contribution in [1.82, 2.24) is 15.1 Å². The van der Waals surface area contributed by atoms with Gasteiger partial charge in [-0.05, 0) is 124 Å². The molecule has 2 N–H and O–H groups in total. The van der Waals surface area contributed by atoms with Gasteiger partial charge in [0.05, 0.1) is 48.9 Å². The van der Waals surface area contributed by atoms with Gasteiger partial charge in [0.1, 0.15) is 17.6 Å². The van der Waals surface area contributed by atoms with Crippen LogP contribution in [0.15, 0.2) is 42.5 Å². The lowest BCUT2D eigenvalue weighted by atomic mass is 9.47. The summed E-state index contributed by atoms with van der Waals surface area (Å²) in [7, 11) is 3.27. The summed E-state index contributed by atoms with van der Waals surface area (Å²) in [4.78, 5) is 14.7. The number of nitrogens with one attached hydrogen (secondary N) is 1. The molecule has 0 spiro atoms. The highest BCUT2D eigenvalue weighted by molar-refractivity contribution is 5.95. The topological polar surface area (TPSA) is 107 Å². The van der Waals surface area contributed by atoms with E-state index < -0.39 is 5.54 Å². The van der Waals surface area contributed by atoms with Gasteiger partial charge in [0.15, 0.2) is 12.0 Å². The van der Waals surface area contributed by atoms with Crippen LogP contribution >= 0.6 is 0 Å². The van der Waals surface area contributed by atoms with Crippen molar-refractivity contribution in [2.75, 3.05) is 20.8 Å². The molecule has 4 saturated carbocycles. The van der Waals surface area contributed by atoms with Crippen molar-refractivity contribution in [3.63, 3.8) is 0 Å². The number of carbonyl (C=O) groups excluding carboxylic acids is 1. The van der Waals surface area contributed by atoms with Gasteiger partial charge in [-0.15, -0.1) is 0 Å². The summed E-state index contributed by atoms with van der Waals surface area (Å²) in [6.07, 6.45) is 5.63. The maximum absolute atomic E-state index is 14.7. The Morgan fingerprint density at radius 1 is 1.04 bits per heavy atom. The normalized spacial score (nSPS) is 27.9. The van der Waals surface area contributed by atoms with Crippen molar-refractivity contribution >= 4 is 5.91 Å². The van der Waals surface area contributed by atoms with Crippen molar-refractivity contribution in [1.29, 1.82) is 0 Å². The number of hydrogen-bond acceptors (Lipinski definition) is 7. The van der Waals surface area contributed by atoms with Crippen LogP contribution in [0.4, 0.5) is 0 Å². The van der Waals surface area contributed by atoms with Crippen LogP contribution < -0.4 is 14.8 Å². The molecule has 5 aliphatic rings. The number of aliphatic hydroxyl groups excluding tert-OH is 1. The molecule has 4 bridgehead atoms.